The summed E-state index contributed by atoms with van der Waals surface area (Å²) < 4.78 is 11.5. The summed E-state index contributed by atoms with van der Waals surface area (Å²) >= 11 is 0. The molecule has 1 saturated heterocycles. The van der Waals surface area contributed by atoms with Gasteiger partial charge in [0.05, 0.1) is 25.4 Å². The van der Waals surface area contributed by atoms with Gasteiger partial charge in [0.25, 0.3) is 0 Å². The number of rotatable bonds is 1. The molecule has 3 unspecified atom stereocenters. The van der Waals surface area contributed by atoms with E-state index in [2.05, 4.69) is 0 Å². The van der Waals surface area contributed by atoms with Crippen LogP contribution in [0.5, 0.6) is 0 Å². The fourth-order valence-electron chi connectivity index (χ4n) is 2.38. The normalized spacial score (nSPS) is 39.6. The lowest BCUT2D eigenvalue weighted by molar-refractivity contribution is -0.194. The van der Waals surface area contributed by atoms with Crippen LogP contribution >= 0.6 is 0 Å². The van der Waals surface area contributed by atoms with E-state index in [1.165, 1.54) is 25.7 Å². The van der Waals surface area contributed by atoms with Crippen molar-refractivity contribution in [2.75, 3.05) is 13.2 Å². The Labute approximate surface area is 85.4 Å². The quantitative estimate of drug-likeness (QED) is 0.697. The molecule has 2 fully saturated rings. The highest BCUT2D eigenvalue weighted by Crippen LogP contribution is 2.26. The van der Waals surface area contributed by atoms with Crippen molar-refractivity contribution in [3.05, 3.63) is 0 Å². The van der Waals surface area contributed by atoms with Crippen LogP contribution in [-0.2, 0) is 9.47 Å². The minimum Gasteiger partial charge on any atom is -0.394 e. The van der Waals surface area contributed by atoms with Crippen molar-refractivity contribution in [2.45, 2.75) is 56.8 Å². The lowest BCUT2D eigenvalue weighted by Gasteiger charge is -2.37. The van der Waals surface area contributed by atoms with Gasteiger partial charge in [0.15, 0.2) is 0 Å². The predicted molar refractivity (Wildman–Crippen MR) is 53.2 cm³/mol. The Morgan fingerprint density at radius 3 is 2.43 bits per heavy atom. The zero-order chi connectivity index (χ0) is 9.80. The molecular weight excluding hydrogens is 180 g/mol. The third kappa shape index (κ3) is 2.47. The molecule has 14 heavy (non-hydrogen) atoms. The Morgan fingerprint density at radius 1 is 1.00 bits per heavy atom. The van der Waals surface area contributed by atoms with Gasteiger partial charge < -0.3 is 14.6 Å². The van der Waals surface area contributed by atoms with Crippen LogP contribution in [0.4, 0.5) is 0 Å². The Hall–Kier alpha value is -0.120. The van der Waals surface area contributed by atoms with Crippen LogP contribution in [0.3, 0.4) is 0 Å². The molecule has 3 nitrogen and oxygen atoms in total. The van der Waals surface area contributed by atoms with E-state index in [0.29, 0.717) is 6.61 Å². The second-order valence-electron chi connectivity index (χ2n) is 4.34. The maximum Gasteiger partial charge on any atom is 0.104 e. The zero-order valence-electron chi connectivity index (χ0n) is 8.65. The lowest BCUT2D eigenvalue weighted by atomic mass is 9.95. The molecule has 0 amide bonds. The van der Waals surface area contributed by atoms with Crippen molar-refractivity contribution in [3.63, 3.8) is 0 Å². The summed E-state index contributed by atoms with van der Waals surface area (Å²) in [5.74, 6) is 0. The molecule has 0 spiro atoms. The van der Waals surface area contributed by atoms with Gasteiger partial charge in [-0.2, -0.15) is 0 Å². The van der Waals surface area contributed by atoms with Crippen LogP contribution in [0.2, 0.25) is 0 Å². The van der Waals surface area contributed by atoms with Gasteiger partial charge in [-0.25, -0.2) is 0 Å². The van der Waals surface area contributed by atoms with Crippen LogP contribution in [0, 0.1) is 0 Å². The van der Waals surface area contributed by atoms with Gasteiger partial charge in [-0.05, 0) is 12.8 Å². The number of aliphatic hydroxyl groups is 1. The van der Waals surface area contributed by atoms with Crippen LogP contribution < -0.4 is 0 Å². The van der Waals surface area contributed by atoms with Gasteiger partial charge in [0.2, 0.25) is 0 Å². The van der Waals surface area contributed by atoms with Crippen molar-refractivity contribution >= 4 is 0 Å². The molecule has 1 N–H and O–H groups in total. The van der Waals surface area contributed by atoms with E-state index in [1.54, 1.807) is 0 Å². The molecule has 82 valence electrons. The van der Waals surface area contributed by atoms with Gasteiger partial charge in [-0.3, -0.25) is 0 Å². The highest BCUT2D eigenvalue weighted by molar-refractivity contribution is 4.79. The summed E-state index contributed by atoms with van der Waals surface area (Å²) in [5, 5.41) is 9.00. The molecule has 3 atom stereocenters. The van der Waals surface area contributed by atoms with Crippen molar-refractivity contribution < 1.29 is 14.6 Å². The van der Waals surface area contributed by atoms with E-state index in [4.69, 9.17) is 14.6 Å². The number of fused-ring (bicyclic) bond motifs is 1. The second-order valence-corrected chi connectivity index (χ2v) is 4.34. The summed E-state index contributed by atoms with van der Waals surface area (Å²) in [4.78, 5) is 0. The fraction of sp³-hybridized carbons (Fsp3) is 1.00. The van der Waals surface area contributed by atoms with Crippen LogP contribution in [0.25, 0.3) is 0 Å². The molecule has 2 rings (SSSR count). The third-order valence-corrected chi connectivity index (χ3v) is 3.21. The monoisotopic (exact) mass is 200 g/mol. The first kappa shape index (κ1) is 10.4. The largest absolute Gasteiger partial charge is 0.394 e. The van der Waals surface area contributed by atoms with Crippen LogP contribution in [0.15, 0.2) is 0 Å². The van der Waals surface area contributed by atoms with E-state index in [1.807, 2.05) is 0 Å². The summed E-state index contributed by atoms with van der Waals surface area (Å²) in [7, 11) is 0. The summed E-state index contributed by atoms with van der Waals surface area (Å²) in [6, 6.07) is 0. The number of hydrogen-bond acceptors (Lipinski definition) is 3. The maximum absolute atomic E-state index is 9.00. The Bertz CT molecular complexity index is 172. The van der Waals surface area contributed by atoms with Crippen molar-refractivity contribution in [2.24, 2.45) is 0 Å². The summed E-state index contributed by atoms with van der Waals surface area (Å²) in [5.41, 5.74) is 0. The molecule has 1 saturated carbocycles. The average Bonchev–Trinajstić information content (AvgIpc) is 2.18. The molecule has 0 bridgehead atoms. The molecule has 0 aromatic rings. The molecule has 1 aliphatic heterocycles. The molecule has 0 aromatic heterocycles. The van der Waals surface area contributed by atoms with Gasteiger partial charge in [0, 0.05) is 0 Å². The van der Waals surface area contributed by atoms with E-state index in [0.717, 1.165) is 12.8 Å². The van der Waals surface area contributed by atoms with Gasteiger partial charge in [-0.15, -0.1) is 0 Å². The van der Waals surface area contributed by atoms with Gasteiger partial charge in [0.1, 0.15) is 6.10 Å². The molecule has 2 aliphatic rings. The van der Waals surface area contributed by atoms with Crippen molar-refractivity contribution in [3.8, 4) is 0 Å². The predicted octanol–water partition coefficient (Wildman–Crippen LogP) is 1.49. The highest BCUT2D eigenvalue weighted by Gasteiger charge is 2.31. The molecule has 0 aromatic carbocycles. The minimum absolute atomic E-state index is 0.0865. The Morgan fingerprint density at radius 2 is 1.71 bits per heavy atom. The van der Waals surface area contributed by atoms with E-state index >= 15 is 0 Å². The highest BCUT2D eigenvalue weighted by atomic mass is 16.6. The lowest BCUT2D eigenvalue weighted by Crippen LogP contribution is -2.45. The standard InChI is InChI=1S/C11H20O3/c12-7-9-8-13-10-5-3-1-2-4-6-11(10)14-9/h9-12H,1-8H2. The smallest absolute Gasteiger partial charge is 0.104 e. The molecule has 3 heteroatoms. The molecule has 0 radical (unpaired) electrons. The van der Waals surface area contributed by atoms with Gasteiger partial charge in [-0.1, -0.05) is 25.7 Å². The fourth-order valence-corrected chi connectivity index (χ4v) is 2.38. The van der Waals surface area contributed by atoms with Crippen molar-refractivity contribution in [1.29, 1.82) is 0 Å². The van der Waals surface area contributed by atoms with Gasteiger partial charge >= 0.3 is 0 Å². The summed E-state index contributed by atoms with van der Waals surface area (Å²) in [6.45, 7) is 0.654. The number of aliphatic hydroxyl groups excluding tert-OH is 1. The average molecular weight is 200 g/mol. The van der Waals surface area contributed by atoms with E-state index in [9.17, 15) is 0 Å². The van der Waals surface area contributed by atoms with Crippen LogP contribution in [0.1, 0.15) is 38.5 Å². The Kier molecular flexibility index (Phi) is 3.79. The first-order valence-corrected chi connectivity index (χ1v) is 5.78. The molecular formula is C11H20O3. The minimum atomic E-state index is -0.0873. The molecule has 1 heterocycles. The van der Waals surface area contributed by atoms with E-state index in [-0.39, 0.29) is 24.9 Å². The third-order valence-electron chi connectivity index (χ3n) is 3.21. The van der Waals surface area contributed by atoms with E-state index < -0.39 is 0 Å². The Balaban J connectivity index is 1.89. The number of hydrogen-bond donors (Lipinski definition) is 1. The topological polar surface area (TPSA) is 38.7 Å². The van der Waals surface area contributed by atoms with Crippen LogP contribution in [-0.4, -0.2) is 36.6 Å². The first-order chi connectivity index (χ1) is 6.90. The zero-order valence-corrected chi connectivity index (χ0v) is 8.65. The molecule has 1 aliphatic carbocycles. The summed E-state index contributed by atoms with van der Waals surface area (Å²) in [6.07, 6.45) is 7.81. The van der Waals surface area contributed by atoms with Crippen molar-refractivity contribution in [1.82, 2.24) is 0 Å². The maximum atomic E-state index is 9.00. The number of ether oxygens (including phenoxy) is 2. The SMILES string of the molecule is OCC1COC2CCCCCCC2O1. The second kappa shape index (κ2) is 5.10. The first-order valence-electron chi connectivity index (χ1n) is 5.78.